The summed E-state index contributed by atoms with van der Waals surface area (Å²) in [7, 11) is 0. The van der Waals surface area contributed by atoms with E-state index in [2.05, 4.69) is 5.32 Å². The zero-order chi connectivity index (χ0) is 12.8. The molecule has 1 aromatic rings. The van der Waals surface area contributed by atoms with Crippen molar-refractivity contribution in [1.29, 1.82) is 0 Å². The average Bonchev–Trinajstić information content (AvgIpc) is 2.35. The highest BCUT2D eigenvalue weighted by molar-refractivity contribution is 6.30. The summed E-state index contributed by atoms with van der Waals surface area (Å²) in [5.41, 5.74) is 0.568. The summed E-state index contributed by atoms with van der Waals surface area (Å²) in [5, 5.41) is 10.0. The molecule has 94 valence electrons. The van der Waals surface area contributed by atoms with Crippen LogP contribution in [0.5, 0.6) is 0 Å². The Balaban J connectivity index is 2.48. The Kier molecular flexibility index (Phi) is 5.31. The fraction of sp³-hybridized carbons (Fsp3) is 0.364. The molecule has 2 unspecified atom stereocenters. The fourth-order valence-corrected chi connectivity index (χ4v) is 1.38. The van der Waals surface area contributed by atoms with Crippen LogP contribution in [0.2, 0.25) is 0 Å². The standard InChI is InChI=1S/C11H12ClF2NO2/c12-9(7-4-2-1-3-5-7)11(17)15-6-8(16)10(13)14/h1-5,8-10,16H,6H2,(H,15,17). The van der Waals surface area contributed by atoms with Crippen LogP contribution in [0.15, 0.2) is 30.3 Å². The van der Waals surface area contributed by atoms with Crippen LogP contribution in [-0.2, 0) is 4.79 Å². The largest absolute Gasteiger partial charge is 0.385 e. The van der Waals surface area contributed by atoms with Crippen LogP contribution in [0.4, 0.5) is 8.78 Å². The number of benzene rings is 1. The lowest BCUT2D eigenvalue weighted by Crippen LogP contribution is -2.37. The lowest BCUT2D eigenvalue weighted by atomic mass is 10.1. The number of amides is 1. The summed E-state index contributed by atoms with van der Waals surface area (Å²) in [6.45, 7) is -0.521. The van der Waals surface area contributed by atoms with Crippen molar-refractivity contribution in [3.63, 3.8) is 0 Å². The lowest BCUT2D eigenvalue weighted by Gasteiger charge is -2.13. The van der Waals surface area contributed by atoms with Gasteiger partial charge in [0.05, 0.1) is 0 Å². The van der Waals surface area contributed by atoms with Gasteiger partial charge in [0, 0.05) is 6.54 Å². The Bertz CT molecular complexity index is 362. The number of rotatable bonds is 5. The number of hydrogen-bond acceptors (Lipinski definition) is 2. The average molecular weight is 264 g/mol. The number of alkyl halides is 3. The van der Waals surface area contributed by atoms with E-state index in [0.717, 1.165) is 0 Å². The maximum atomic E-state index is 12.0. The molecule has 0 radical (unpaired) electrons. The number of aliphatic hydroxyl groups is 1. The molecule has 1 aromatic carbocycles. The Morgan fingerprint density at radius 1 is 1.35 bits per heavy atom. The number of halogens is 3. The van der Waals surface area contributed by atoms with Gasteiger partial charge in [0.1, 0.15) is 11.5 Å². The molecule has 2 atom stereocenters. The molecular weight excluding hydrogens is 252 g/mol. The molecule has 0 saturated carbocycles. The molecule has 17 heavy (non-hydrogen) atoms. The Morgan fingerprint density at radius 2 is 1.94 bits per heavy atom. The number of carbonyl (C=O) groups excluding carboxylic acids is 1. The number of nitrogens with one attached hydrogen (secondary N) is 1. The third-order valence-corrected chi connectivity index (χ3v) is 2.55. The molecule has 0 aromatic heterocycles. The van der Waals surface area contributed by atoms with Crippen molar-refractivity contribution in [3.05, 3.63) is 35.9 Å². The molecule has 0 spiro atoms. The molecule has 0 heterocycles. The Hall–Kier alpha value is -1.20. The van der Waals surface area contributed by atoms with Crippen LogP contribution in [0, 0.1) is 0 Å². The van der Waals surface area contributed by atoms with Crippen LogP contribution in [0.1, 0.15) is 10.9 Å². The van der Waals surface area contributed by atoms with Crippen molar-refractivity contribution in [2.45, 2.75) is 17.9 Å². The van der Waals surface area contributed by atoms with E-state index in [0.29, 0.717) is 5.56 Å². The monoisotopic (exact) mass is 263 g/mol. The van der Waals surface area contributed by atoms with Gasteiger partial charge in [0.15, 0.2) is 0 Å². The van der Waals surface area contributed by atoms with Crippen molar-refractivity contribution in [2.24, 2.45) is 0 Å². The minimum Gasteiger partial charge on any atom is -0.385 e. The Labute approximate surface area is 102 Å². The van der Waals surface area contributed by atoms with E-state index in [1.165, 1.54) is 0 Å². The molecule has 0 fully saturated rings. The molecular formula is C11H12ClF2NO2. The maximum Gasteiger partial charge on any atom is 0.265 e. The van der Waals surface area contributed by atoms with Crippen molar-refractivity contribution in [2.75, 3.05) is 6.54 Å². The molecule has 6 heteroatoms. The zero-order valence-corrected chi connectivity index (χ0v) is 9.57. The molecule has 1 rings (SSSR count). The first-order chi connectivity index (χ1) is 8.02. The predicted molar refractivity (Wildman–Crippen MR) is 60.1 cm³/mol. The first-order valence-corrected chi connectivity index (χ1v) is 5.39. The van der Waals surface area contributed by atoms with Gasteiger partial charge < -0.3 is 10.4 Å². The van der Waals surface area contributed by atoms with E-state index < -0.39 is 30.4 Å². The van der Waals surface area contributed by atoms with E-state index in [-0.39, 0.29) is 0 Å². The van der Waals surface area contributed by atoms with Gasteiger partial charge in [-0.1, -0.05) is 30.3 Å². The fourth-order valence-electron chi connectivity index (χ4n) is 1.16. The maximum absolute atomic E-state index is 12.0. The quantitative estimate of drug-likeness (QED) is 0.795. The first kappa shape index (κ1) is 13.9. The van der Waals surface area contributed by atoms with Gasteiger partial charge in [-0.15, -0.1) is 11.6 Å². The minimum atomic E-state index is -2.89. The lowest BCUT2D eigenvalue weighted by molar-refractivity contribution is -0.121. The van der Waals surface area contributed by atoms with Crippen LogP contribution >= 0.6 is 11.6 Å². The van der Waals surface area contributed by atoms with Gasteiger partial charge in [-0.3, -0.25) is 4.79 Å². The van der Waals surface area contributed by atoms with Crippen molar-refractivity contribution in [1.82, 2.24) is 5.32 Å². The molecule has 1 amide bonds. The van der Waals surface area contributed by atoms with E-state index in [1.54, 1.807) is 30.3 Å². The molecule has 0 saturated heterocycles. The van der Waals surface area contributed by atoms with Gasteiger partial charge in [0.2, 0.25) is 5.91 Å². The molecule has 0 aliphatic heterocycles. The summed E-state index contributed by atoms with van der Waals surface area (Å²) in [4.78, 5) is 11.5. The third-order valence-electron chi connectivity index (χ3n) is 2.10. The molecule has 0 bridgehead atoms. The summed E-state index contributed by atoms with van der Waals surface area (Å²) in [6, 6.07) is 8.51. The van der Waals surface area contributed by atoms with E-state index in [1.807, 2.05) is 0 Å². The summed E-state index contributed by atoms with van der Waals surface area (Å²) in [5.74, 6) is -0.613. The second-order valence-electron chi connectivity index (χ2n) is 3.42. The zero-order valence-electron chi connectivity index (χ0n) is 8.82. The topological polar surface area (TPSA) is 49.3 Å². The molecule has 2 N–H and O–H groups in total. The molecule has 0 aliphatic carbocycles. The van der Waals surface area contributed by atoms with E-state index >= 15 is 0 Å². The van der Waals surface area contributed by atoms with E-state index in [9.17, 15) is 13.6 Å². The Morgan fingerprint density at radius 3 is 2.47 bits per heavy atom. The molecule has 3 nitrogen and oxygen atoms in total. The highest BCUT2D eigenvalue weighted by Crippen LogP contribution is 2.19. The van der Waals surface area contributed by atoms with Crippen molar-refractivity contribution in [3.8, 4) is 0 Å². The second kappa shape index (κ2) is 6.51. The third kappa shape index (κ3) is 4.28. The number of hydrogen-bond donors (Lipinski definition) is 2. The highest BCUT2D eigenvalue weighted by atomic mass is 35.5. The molecule has 0 aliphatic rings. The van der Waals surface area contributed by atoms with Gasteiger partial charge in [-0.25, -0.2) is 8.78 Å². The number of carbonyl (C=O) groups is 1. The van der Waals surface area contributed by atoms with Crippen molar-refractivity contribution >= 4 is 17.5 Å². The van der Waals surface area contributed by atoms with Gasteiger partial charge in [0.25, 0.3) is 6.43 Å². The van der Waals surface area contributed by atoms with Crippen LogP contribution in [0.3, 0.4) is 0 Å². The highest BCUT2D eigenvalue weighted by Gasteiger charge is 2.21. The SMILES string of the molecule is O=C(NCC(O)C(F)F)C(Cl)c1ccccc1. The predicted octanol–water partition coefficient (Wildman–Crippen LogP) is 1.71. The van der Waals surface area contributed by atoms with E-state index in [4.69, 9.17) is 16.7 Å². The normalized spacial score (nSPS) is 14.4. The van der Waals surface area contributed by atoms with Crippen molar-refractivity contribution < 1.29 is 18.7 Å². The van der Waals surface area contributed by atoms with Crippen LogP contribution in [-0.4, -0.2) is 30.1 Å². The summed E-state index contributed by atoms with van der Waals surface area (Å²) < 4.78 is 23.9. The summed E-state index contributed by atoms with van der Waals surface area (Å²) in [6.07, 6.45) is -4.76. The smallest absolute Gasteiger partial charge is 0.265 e. The van der Waals surface area contributed by atoms with Crippen LogP contribution in [0.25, 0.3) is 0 Å². The van der Waals surface area contributed by atoms with Gasteiger partial charge in [-0.2, -0.15) is 0 Å². The minimum absolute atomic E-state index is 0.521. The summed E-state index contributed by atoms with van der Waals surface area (Å²) >= 11 is 5.84. The number of aliphatic hydroxyl groups excluding tert-OH is 1. The first-order valence-electron chi connectivity index (χ1n) is 4.95. The second-order valence-corrected chi connectivity index (χ2v) is 3.86. The van der Waals surface area contributed by atoms with Crippen LogP contribution < -0.4 is 5.32 Å². The van der Waals surface area contributed by atoms with Gasteiger partial charge >= 0.3 is 0 Å². The van der Waals surface area contributed by atoms with Gasteiger partial charge in [-0.05, 0) is 5.56 Å².